The van der Waals surface area contributed by atoms with E-state index in [2.05, 4.69) is 0 Å². The number of benzene rings is 2. The molecule has 116 valence electrons. The molecule has 5 nitrogen and oxygen atoms in total. The lowest BCUT2D eigenvalue weighted by molar-refractivity contribution is 0.0986. The third-order valence-electron chi connectivity index (χ3n) is 3.53. The predicted molar refractivity (Wildman–Crippen MR) is 82.1 cm³/mol. The van der Waals surface area contributed by atoms with Crippen molar-refractivity contribution in [1.82, 2.24) is 0 Å². The smallest absolute Gasteiger partial charge is 0.174 e. The lowest BCUT2D eigenvalue weighted by atomic mass is 9.98. The van der Waals surface area contributed by atoms with Gasteiger partial charge in [-0.05, 0) is 13.0 Å². The van der Waals surface area contributed by atoms with Crippen molar-refractivity contribution in [3.05, 3.63) is 47.0 Å². The third-order valence-corrected chi connectivity index (χ3v) is 3.53. The van der Waals surface area contributed by atoms with E-state index in [4.69, 9.17) is 9.47 Å². The lowest BCUT2D eigenvalue weighted by Crippen LogP contribution is -2.08. The molecule has 0 aliphatic carbocycles. The van der Waals surface area contributed by atoms with Gasteiger partial charge in [0, 0.05) is 23.6 Å². The van der Waals surface area contributed by atoms with Gasteiger partial charge in [0.25, 0.3) is 0 Å². The Hall–Kier alpha value is -2.69. The zero-order chi connectivity index (χ0) is 16.3. The summed E-state index contributed by atoms with van der Waals surface area (Å²) < 4.78 is 10.3. The van der Waals surface area contributed by atoms with Gasteiger partial charge >= 0.3 is 0 Å². The maximum atomic E-state index is 12.6. The summed E-state index contributed by atoms with van der Waals surface area (Å²) in [5, 5.41) is 19.9. The minimum absolute atomic E-state index is 0.0537. The Morgan fingerprint density at radius 1 is 1.09 bits per heavy atom. The Bertz CT molecular complexity index is 706. The Labute approximate surface area is 128 Å². The first-order chi connectivity index (χ1) is 10.5. The largest absolute Gasteiger partial charge is 0.507 e. The highest BCUT2D eigenvalue weighted by Gasteiger charge is 2.22. The van der Waals surface area contributed by atoms with Crippen LogP contribution in [0.4, 0.5) is 0 Å². The Balaban J connectivity index is 2.44. The number of phenolic OH excluding ortho intramolecular Hbond substituents is 2. The van der Waals surface area contributed by atoms with Gasteiger partial charge in [-0.25, -0.2) is 0 Å². The van der Waals surface area contributed by atoms with E-state index in [0.29, 0.717) is 11.3 Å². The molecule has 0 heterocycles. The standard InChI is InChI=1S/C17H18O5/c1-10-12(18)9-15(22-3)16(17(10)20)13(19)8-11-6-4-5-7-14(11)21-2/h4-7,9,18,20H,8H2,1-3H3. The molecule has 0 saturated heterocycles. The van der Waals surface area contributed by atoms with Crippen molar-refractivity contribution in [2.45, 2.75) is 13.3 Å². The maximum Gasteiger partial charge on any atom is 0.174 e. The molecule has 0 unspecified atom stereocenters. The van der Waals surface area contributed by atoms with E-state index < -0.39 is 0 Å². The summed E-state index contributed by atoms with van der Waals surface area (Å²) >= 11 is 0. The van der Waals surface area contributed by atoms with Crippen molar-refractivity contribution in [3.63, 3.8) is 0 Å². The number of rotatable bonds is 5. The van der Waals surface area contributed by atoms with Crippen LogP contribution in [0.15, 0.2) is 30.3 Å². The minimum Gasteiger partial charge on any atom is -0.507 e. The van der Waals surface area contributed by atoms with Crippen molar-refractivity contribution in [2.75, 3.05) is 14.2 Å². The Morgan fingerprint density at radius 2 is 1.73 bits per heavy atom. The van der Waals surface area contributed by atoms with Crippen molar-refractivity contribution >= 4 is 5.78 Å². The number of hydrogen-bond acceptors (Lipinski definition) is 5. The molecule has 0 aromatic heterocycles. The number of aromatic hydroxyl groups is 2. The number of para-hydroxylation sites is 1. The van der Waals surface area contributed by atoms with Crippen LogP contribution in [0.5, 0.6) is 23.0 Å². The summed E-state index contributed by atoms with van der Waals surface area (Å²) in [4.78, 5) is 12.6. The molecule has 0 fully saturated rings. The van der Waals surface area contributed by atoms with Gasteiger partial charge in [-0.15, -0.1) is 0 Å². The molecule has 0 aliphatic rings. The zero-order valence-electron chi connectivity index (χ0n) is 12.7. The van der Waals surface area contributed by atoms with Crippen LogP contribution in [0.3, 0.4) is 0 Å². The van der Waals surface area contributed by atoms with Crippen LogP contribution >= 0.6 is 0 Å². The zero-order valence-corrected chi connectivity index (χ0v) is 12.7. The number of methoxy groups -OCH3 is 2. The second kappa shape index (κ2) is 6.39. The molecule has 0 spiro atoms. The first-order valence-electron chi connectivity index (χ1n) is 6.74. The number of Topliss-reactive ketones (excluding diaryl/α,β-unsaturated/α-hetero) is 1. The van der Waals surface area contributed by atoms with E-state index >= 15 is 0 Å². The fourth-order valence-corrected chi connectivity index (χ4v) is 2.27. The lowest BCUT2D eigenvalue weighted by Gasteiger charge is -2.14. The molecule has 2 aromatic carbocycles. The highest BCUT2D eigenvalue weighted by molar-refractivity contribution is 6.03. The van der Waals surface area contributed by atoms with E-state index in [1.54, 1.807) is 12.1 Å². The Morgan fingerprint density at radius 3 is 2.36 bits per heavy atom. The van der Waals surface area contributed by atoms with Crippen LogP contribution < -0.4 is 9.47 Å². The minimum atomic E-state index is -0.318. The van der Waals surface area contributed by atoms with E-state index in [-0.39, 0.29) is 40.6 Å². The quantitative estimate of drug-likeness (QED) is 0.831. The number of carbonyl (C=O) groups is 1. The van der Waals surface area contributed by atoms with Crippen LogP contribution in [-0.2, 0) is 6.42 Å². The van der Waals surface area contributed by atoms with Crippen LogP contribution in [0, 0.1) is 6.92 Å². The summed E-state index contributed by atoms with van der Waals surface area (Å²) in [6.45, 7) is 1.53. The third kappa shape index (κ3) is 2.83. The number of ketones is 1. The highest BCUT2D eigenvalue weighted by Crippen LogP contribution is 2.38. The topological polar surface area (TPSA) is 76.0 Å². The number of phenols is 2. The SMILES string of the molecule is COc1ccccc1CC(=O)c1c(OC)cc(O)c(C)c1O. The van der Waals surface area contributed by atoms with Gasteiger partial charge in [-0.1, -0.05) is 18.2 Å². The Kier molecular flexibility index (Phi) is 4.56. The maximum absolute atomic E-state index is 12.6. The van der Waals surface area contributed by atoms with Crippen molar-refractivity contribution < 1.29 is 24.5 Å². The van der Waals surface area contributed by atoms with Crippen molar-refractivity contribution in [1.29, 1.82) is 0 Å². The second-order valence-corrected chi connectivity index (χ2v) is 4.86. The summed E-state index contributed by atoms with van der Waals surface area (Å²) in [6.07, 6.45) is 0.0537. The molecule has 2 N–H and O–H groups in total. The molecule has 2 aromatic rings. The van der Waals surface area contributed by atoms with E-state index in [9.17, 15) is 15.0 Å². The van der Waals surface area contributed by atoms with E-state index in [1.165, 1.54) is 27.2 Å². The van der Waals surface area contributed by atoms with Gasteiger partial charge in [-0.3, -0.25) is 4.79 Å². The monoisotopic (exact) mass is 302 g/mol. The highest BCUT2D eigenvalue weighted by atomic mass is 16.5. The first kappa shape index (κ1) is 15.7. The fourth-order valence-electron chi connectivity index (χ4n) is 2.27. The van der Waals surface area contributed by atoms with Crippen LogP contribution in [-0.4, -0.2) is 30.2 Å². The second-order valence-electron chi connectivity index (χ2n) is 4.86. The fraction of sp³-hybridized carbons (Fsp3) is 0.235. The molecule has 2 rings (SSSR count). The molecule has 0 aliphatic heterocycles. The van der Waals surface area contributed by atoms with Gasteiger partial charge in [0.1, 0.15) is 28.6 Å². The normalized spacial score (nSPS) is 10.3. The molecule has 0 bridgehead atoms. The van der Waals surface area contributed by atoms with Gasteiger partial charge in [0.15, 0.2) is 5.78 Å². The van der Waals surface area contributed by atoms with Crippen LogP contribution in [0.25, 0.3) is 0 Å². The van der Waals surface area contributed by atoms with Gasteiger partial charge in [-0.2, -0.15) is 0 Å². The summed E-state index contributed by atoms with van der Waals surface area (Å²) in [5.41, 5.74) is 1.01. The number of ether oxygens (including phenoxy) is 2. The average Bonchev–Trinajstić information content (AvgIpc) is 2.52. The summed E-state index contributed by atoms with van der Waals surface area (Å²) in [6, 6.07) is 8.50. The van der Waals surface area contributed by atoms with Crippen molar-refractivity contribution in [2.24, 2.45) is 0 Å². The molecular formula is C17H18O5. The van der Waals surface area contributed by atoms with Gasteiger partial charge in [0.05, 0.1) is 14.2 Å². The van der Waals surface area contributed by atoms with Gasteiger partial charge < -0.3 is 19.7 Å². The number of hydrogen-bond donors (Lipinski definition) is 2. The molecular weight excluding hydrogens is 284 g/mol. The van der Waals surface area contributed by atoms with Gasteiger partial charge in [0.2, 0.25) is 0 Å². The first-order valence-corrected chi connectivity index (χ1v) is 6.74. The molecule has 0 amide bonds. The van der Waals surface area contributed by atoms with Crippen LogP contribution in [0.1, 0.15) is 21.5 Å². The van der Waals surface area contributed by atoms with Crippen LogP contribution in [0.2, 0.25) is 0 Å². The summed E-state index contributed by atoms with van der Waals surface area (Å²) in [7, 11) is 2.91. The van der Waals surface area contributed by atoms with E-state index in [1.807, 2.05) is 12.1 Å². The van der Waals surface area contributed by atoms with Crippen molar-refractivity contribution in [3.8, 4) is 23.0 Å². The molecule has 0 saturated carbocycles. The molecule has 22 heavy (non-hydrogen) atoms. The molecule has 0 atom stereocenters. The predicted octanol–water partition coefficient (Wildman–Crippen LogP) is 2.85. The summed E-state index contributed by atoms with van der Waals surface area (Å²) in [5.74, 6) is 0.0344. The molecule has 0 radical (unpaired) electrons. The average molecular weight is 302 g/mol. The van der Waals surface area contributed by atoms with E-state index in [0.717, 1.165) is 0 Å². The molecule has 5 heteroatoms. The number of carbonyl (C=O) groups excluding carboxylic acids is 1.